The molecule has 1 aliphatic heterocycles. The molecule has 4 saturated carbocycles. The van der Waals surface area contributed by atoms with Crippen LogP contribution < -0.4 is 21.3 Å². The third-order valence-corrected chi connectivity index (χ3v) is 18.4. The van der Waals surface area contributed by atoms with Crippen LogP contribution in [0.1, 0.15) is 258 Å². The number of aliphatic hydroxyl groups is 1. The summed E-state index contributed by atoms with van der Waals surface area (Å²) in [5, 5.41) is 28.0. The van der Waals surface area contributed by atoms with Crippen molar-refractivity contribution in [2.45, 2.75) is 317 Å². The standard InChI is InChI=1S/C29H50N6O5.C14H27NO5S.C13H24N4O2.C13H25NO3/c1-19(34(8)27(39)40-29(5,6)7)25(37)32-24(28(2,3)4)26(38)35-16-12-15-22(35)23(36)17-21(18-31-33-30)20-13-10-9-11-14-20;1-14(2,3)20-13(16)15-12(10-19-21(4,17)18)11-8-6-5-7-9-11;1-13(2,3)19-12(18)16-11(9-15-17-14)10-7-5-4-6-8-10;1-13(2,3)17-12(16)14-11(9-15)10-7-5-4-6-8-10/h19-22,24H,9-18H2,1-8H3,(H,32,37);11-12H,5-10H2,1-4H3,(H,15,16);10-11H,4-9H2,1-3H3,(H,16,18);10-11,15H,4-9H2,1-3H3,(H,14,16)/t19-,21+,22-,24+;12-;2*11-/m0111/s1. The summed E-state index contributed by atoms with van der Waals surface area (Å²) in [6.07, 6.45) is 22.9. The van der Waals surface area contributed by atoms with E-state index in [1.165, 1.54) is 63.3 Å². The summed E-state index contributed by atoms with van der Waals surface area (Å²) in [7, 11) is -2.03. The Kier molecular flexibility index (Phi) is 37.5. The number of Topliss-reactive ketones (excluding diaryl/α,β-unsaturated/α-hetero) is 1. The Bertz CT molecular complexity index is 2650. The van der Waals surface area contributed by atoms with Crippen molar-refractivity contribution < 1.29 is 70.2 Å². The molecule has 27 nitrogen and oxygen atoms in total. The quantitative estimate of drug-likeness (QED) is 0.0221. The van der Waals surface area contributed by atoms with Crippen molar-refractivity contribution in [2.24, 2.45) is 45.2 Å². The maximum atomic E-state index is 13.9. The summed E-state index contributed by atoms with van der Waals surface area (Å²) >= 11 is 0. The number of hydrogen-bond donors (Lipinski definition) is 5. The van der Waals surface area contributed by atoms with E-state index in [0.717, 1.165) is 83.3 Å². The highest BCUT2D eigenvalue weighted by Crippen LogP contribution is 2.35. The Morgan fingerprint density at radius 2 is 0.928 bits per heavy atom. The van der Waals surface area contributed by atoms with Crippen molar-refractivity contribution in [3.8, 4) is 0 Å². The van der Waals surface area contributed by atoms with E-state index in [4.69, 9.17) is 34.2 Å². The molecule has 0 aromatic heterocycles. The third-order valence-electron chi connectivity index (χ3n) is 17.9. The van der Waals surface area contributed by atoms with Crippen LogP contribution in [0, 0.1) is 35.0 Å². The number of amides is 6. The number of likely N-dealkylation sites (N-methyl/N-ethyl adjacent to an activating group) is 1. The molecule has 1 heterocycles. The van der Waals surface area contributed by atoms with Gasteiger partial charge in [0.05, 0.1) is 37.6 Å². The van der Waals surface area contributed by atoms with E-state index in [1.807, 2.05) is 62.3 Å². The Labute approximate surface area is 580 Å². The number of ether oxygens (including phenoxy) is 4. The summed E-state index contributed by atoms with van der Waals surface area (Å²) in [5.74, 6) is 0.540. The summed E-state index contributed by atoms with van der Waals surface area (Å²) in [6, 6.07) is -2.94. The molecule has 1 saturated heterocycles. The molecule has 4 aliphatic carbocycles. The highest BCUT2D eigenvalue weighted by atomic mass is 32.2. The third kappa shape index (κ3) is 36.7. The van der Waals surface area contributed by atoms with Crippen LogP contribution in [0.5, 0.6) is 0 Å². The van der Waals surface area contributed by atoms with Gasteiger partial charge in [0.15, 0.2) is 5.78 Å². The van der Waals surface area contributed by atoms with E-state index in [9.17, 15) is 47.1 Å². The predicted molar refractivity (Wildman–Crippen MR) is 374 cm³/mol. The van der Waals surface area contributed by atoms with Gasteiger partial charge in [-0.15, -0.1) is 0 Å². The number of ketones is 1. The fraction of sp³-hybridized carbons (Fsp3) is 0.899. The van der Waals surface area contributed by atoms with Crippen LogP contribution in [0.15, 0.2) is 10.2 Å². The molecule has 0 aromatic carbocycles. The van der Waals surface area contributed by atoms with E-state index in [1.54, 1.807) is 53.4 Å². The first kappa shape index (κ1) is 87.3. The monoisotopic (exact) mass is 1390 g/mol. The maximum absolute atomic E-state index is 13.9. The predicted octanol–water partition coefficient (Wildman–Crippen LogP) is 13.9. The van der Waals surface area contributed by atoms with E-state index in [0.29, 0.717) is 43.7 Å². The minimum Gasteiger partial charge on any atom is -0.444 e. The number of hydrogen-bond acceptors (Lipinski definition) is 17. The zero-order valence-electron chi connectivity index (χ0n) is 62.3. The molecule has 5 rings (SSSR count). The zero-order valence-corrected chi connectivity index (χ0v) is 63.1. The smallest absolute Gasteiger partial charge is 0.410 e. The highest BCUT2D eigenvalue weighted by Gasteiger charge is 2.44. The summed E-state index contributed by atoms with van der Waals surface area (Å²) in [4.78, 5) is 97.1. The SMILES string of the molecule is CC(C)(C)OC(=O)N[C@H](CN=[N+]=[N-])C1CCCCC1.CC(C)(C)OC(=O)N[C@H](CO)C1CCCCC1.CC(C)(C)OC(=O)N[C@H](COS(C)(=O)=O)C1CCCCC1.C[C@@H](C(=O)N[C@H](C(=O)N1CCC[C@H]1C(=O)C[C@H](CN=[N+]=[N-])C1CCCCC1)C(C)(C)C)N(C)C(=O)OC(C)(C)C. The van der Waals surface area contributed by atoms with Crippen LogP contribution in [0.3, 0.4) is 0 Å². The molecule has 0 bridgehead atoms. The summed E-state index contributed by atoms with van der Waals surface area (Å²) in [6.45, 7) is 29.8. The molecule has 0 unspecified atom stereocenters. The molecule has 97 heavy (non-hydrogen) atoms. The lowest BCUT2D eigenvalue weighted by Crippen LogP contribution is -2.59. The molecule has 5 fully saturated rings. The topological polar surface area (TPSA) is 372 Å². The summed E-state index contributed by atoms with van der Waals surface area (Å²) < 4.78 is 48.3. The Morgan fingerprint density at radius 3 is 1.32 bits per heavy atom. The van der Waals surface area contributed by atoms with Gasteiger partial charge in [-0.2, -0.15) is 8.42 Å². The molecule has 558 valence electrons. The van der Waals surface area contributed by atoms with Gasteiger partial charge < -0.3 is 50.2 Å². The Balaban J connectivity index is 0.000000474. The molecular weight excluding hydrogens is 1270 g/mol. The summed E-state index contributed by atoms with van der Waals surface area (Å²) in [5.41, 5.74) is 14.4. The first-order valence-electron chi connectivity index (χ1n) is 35.5. The molecule has 28 heteroatoms. The number of nitrogens with one attached hydrogen (secondary N) is 4. The first-order chi connectivity index (χ1) is 45.0. The van der Waals surface area contributed by atoms with E-state index in [2.05, 4.69) is 41.3 Å². The van der Waals surface area contributed by atoms with Gasteiger partial charge in [-0.1, -0.05) is 121 Å². The first-order valence-corrected chi connectivity index (χ1v) is 37.3. The molecule has 0 radical (unpaired) electrons. The van der Waals surface area contributed by atoms with Crippen molar-refractivity contribution in [1.29, 1.82) is 0 Å². The second-order valence-corrected chi connectivity index (χ2v) is 33.7. The highest BCUT2D eigenvalue weighted by molar-refractivity contribution is 7.86. The maximum Gasteiger partial charge on any atom is 0.410 e. The van der Waals surface area contributed by atoms with Crippen LogP contribution in [0.4, 0.5) is 19.2 Å². The van der Waals surface area contributed by atoms with Crippen molar-refractivity contribution >= 4 is 52.1 Å². The van der Waals surface area contributed by atoms with E-state index in [-0.39, 0.29) is 67.8 Å². The average molecular weight is 1400 g/mol. The fourth-order valence-corrected chi connectivity index (χ4v) is 13.3. The normalized spacial score (nSPS) is 19.7. The van der Waals surface area contributed by atoms with Crippen LogP contribution in [-0.2, 0) is 47.6 Å². The number of carbonyl (C=O) groups is 7. The van der Waals surface area contributed by atoms with Crippen molar-refractivity contribution in [1.82, 2.24) is 31.1 Å². The number of aliphatic hydroxyl groups excluding tert-OH is 1. The number of carbonyl (C=O) groups excluding carboxylic acids is 7. The number of alkyl carbamates (subject to hydrolysis) is 3. The van der Waals surface area contributed by atoms with Crippen molar-refractivity contribution in [3.05, 3.63) is 20.9 Å². The molecule has 0 aromatic rings. The Hall–Kier alpha value is -5.82. The molecule has 6 amide bonds. The molecular formula is C69H126N12O15S. The lowest BCUT2D eigenvalue weighted by Gasteiger charge is -2.37. The van der Waals surface area contributed by atoms with Crippen LogP contribution in [-0.4, -0.2) is 170 Å². The Morgan fingerprint density at radius 1 is 0.546 bits per heavy atom. The van der Waals surface area contributed by atoms with Crippen molar-refractivity contribution in [2.75, 3.05) is 46.2 Å². The minimum absolute atomic E-state index is 0.00780. The number of nitrogens with zero attached hydrogens (tertiary/aromatic N) is 8. The van der Waals surface area contributed by atoms with E-state index < -0.39 is 86.3 Å². The molecule has 5 N–H and O–H groups in total. The van der Waals surface area contributed by atoms with Crippen LogP contribution in [0.2, 0.25) is 0 Å². The second-order valence-electron chi connectivity index (χ2n) is 32.0. The zero-order chi connectivity index (χ0) is 73.5. The van der Waals surface area contributed by atoms with Gasteiger partial charge in [0, 0.05) is 49.0 Å². The van der Waals surface area contributed by atoms with Gasteiger partial charge in [-0.05, 0) is 187 Å². The van der Waals surface area contributed by atoms with Crippen LogP contribution >= 0.6 is 0 Å². The number of azide groups is 2. The van der Waals surface area contributed by atoms with E-state index >= 15 is 0 Å². The van der Waals surface area contributed by atoms with Gasteiger partial charge >= 0.3 is 24.4 Å². The van der Waals surface area contributed by atoms with Gasteiger partial charge in [0.1, 0.15) is 34.5 Å². The van der Waals surface area contributed by atoms with Gasteiger partial charge in [0.25, 0.3) is 10.1 Å². The van der Waals surface area contributed by atoms with Gasteiger partial charge in [0.2, 0.25) is 11.8 Å². The lowest BCUT2D eigenvalue weighted by molar-refractivity contribution is -0.144. The fourth-order valence-electron chi connectivity index (χ4n) is 12.9. The molecule has 5 aliphatic rings. The minimum atomic E-state index is -3.52. The average Bonchev–Trinajstić information content (AvgIpc) is 1.74. The van der Waals surface area contributed by atoms with Crippen LogP contribution in [0.25, 0.3) is 20.9 Å². The largest absolute Gasteiger partial charge is 0.444 e. The van der Waals surface area contributed by atoms with Gasteiger partial charge in [-0.25, -0.2) is 19.2 Å². The van der Waals surface area contributed by atoms with Crippen molar-refractivity contribution in [3.63, 3.8) is 0 Å². The molecule has 0 spiro atoms. The second kappa shape index (κ2) is 41.7. The van der Waals surface area contributed by atoms with Gasteiger partial charge in [-0.3, -0.25) is 23.5 Å². The lowest BCUT2D eigenvalue weighted by atomic mass is 9.77. The number of likely N-dealkylation sites (tertiary alicyclic amines) is 1. The molecule has 7 atom stereocenters. The number of rotatable bonds is 22.